The van der Waals surface area contributed by atoms with E-state index in [-0.39, 0.29) is 12.1 Å². The van der Waals surface area contributed by atoms with Gasteiger partial charge in [0.05, 0.1) is 24.9 Å². The molecule has 0 amide bonds. The number of tetrazole rings is 1. The molecular weight excluding hydrogens is 270 g/mol. The Balaban J connectivity index is 1.94. The smallest absolute Gasteiger partial charge is 0.182 e. The molecule has 2 N–H and O–H groups in total. The molecule has 2 unspecified atom stereocenters. The fourth-order valence-electron chi connectivity index (χ4n) is 2.65. The molecule has 21 heavy (non-hydrogen) atoms. The average molecular weight is 289 g/mol. The van der Waals surface area contributed by atoms with Gasteiger partial charge < -0.3 is 15.2 Å². The van der Waals surface area contributed by atoms with Gasteiger partial charge in [-0.2, -0.15) is 0 Å². The molecule has 2 aromatic rings. The Morgan fingerprint density at radius 2 is 2.33 bits per heavy atom. The molecule has 3 rings (SSSR count). The van der Waals surface area contributed by atoms with Gasteiger partial charge in [-0.25, -0.2) is 4.68 Å². The lowest BCUT2D eigenvalue weighted by molar-refractivity contribution is 0.0690. The molecule has 0 aliphatic carbocycles. The minimum absolute atomic E-state index is 0.0843. The summed E-state index contributed by atoms with van der Waals surface area (Å²) >= 11 is 0. The Morgan fingerprint density at radius 1 is 1.48 bits per heavy atom. The van der Waals surface area contributed by atoms with Crippen molar-refractivity contribution < 1.29 is 9.47 Å². The quantitative estimate of drug-likeness (QED) is 0.861. The molecule has 1 fully saturated rings. The zero-order chi connectivity index (χ0) is 14.8. The molecule has 7 heteroatoms. The van der Waals surface area contributed by atoms with E-state index < -0.39 is 0 Å². The SMILES string of the molecule is COc1cc(-c2nnnn2C(C)C2CCCO2)ccc1N. The number of nitrogens with zero attached hydrogens (tertiary/aromatic N) is 4. The maximum absolute atomic E-state index is 5.85. The van der Waals surface area contributed by atoms with Gasteiger partial charge in [-0.3, -0.25) is 0 Å². The highest BCUT2D eigenvalue weighted by atomic mass is 16.5. The van der Waals surface area contributed by atoms with Crippen molar-refractivity contribution in [2.45, 2.75) is 31.9 Å². The predicted molar refractivity (Wildman–Crippen MR) is 77.9 cm³/mol. The highest BCUT2D eigenvalue weighted by Gasteiger charge is 2.27. The first kappa shape index (κ1) is 13.8. The van der Waals surface area contributed by atoms with Crippen LogP contribution in [0.25, 0.3) is 11.4 Å². The Kier molecular flexibility index (Phi) is 3.74. The monoisotopic (exact) mass is 289 g/mol. The molecule has 112 valence electrons. The second-order valence-electron chi connectivity index (χ2n) is 5.20. The molecular formula is C14H19N5O2. The fraction of sp³-hybridized carbons (Fsp3) is 0.500. The Morgan fingerprint density at radius 3 is 3.05 bits per heavy atom. The summed E-state index contributed by atoms with van der Waals surface area (Å²) in [6.07, 6.45) is 2.27. The summed E-state index contributed by atoms with van der Waals surface area (Å²) in [5.74, 6) is 1.31. The molecule has 1 aromatic heterocycles. The van der Waals surface area contributed by atoms with Gasteiger partial charge in [0.1, 0.15) is 5.75 Å². The number of methoxy groups -OCH3 is 1. The molecule has 0 spiro atoms. The van der Waals surface area contributed by atoms with E-state index in [1.807, 2.05) is 12.1 Å². The van der Waals surface area contributed by atoms with Crippen LogP contribution in [0.15, 0.2) is 18.2 Å². The van der Waals surface area contributed by atoms with Crippen molar-refractivity contribution in [3.05, 3.63) is 18.2 Å². The second-order valence-corrected chi connectivity index (χ2v) is 5.20. The summed E-state index contributed by atoms with van der Waals surface area (Å²) in [6, 6.07) is 5.62. The highest BCUT2D eigenvalue weighted by molar-refractivity contribution is 5.65. The summed E-state index contributed by atoms with van der Waals surface area (Å²) in [4.78, 5) is 0. The minimum Gasteiger partial charge on any atom is -0.495 e. The normalized spacial score (nSPS) is 19.6. The third-order valence-electron chi connectivity index (χ3n) is 3.87. The van der Waals surface area contributed by atoms with Crippen molar-refractivity contribution in [2.24, 2.45) is 0 Å². The van der Waals surface area contributed by atoms with Crippen LogP contribution in [-0.2, 0) is 4.74 Å². The number of rotatable bonds is 4. The zero-order valence-electron chi connectivity index (χ0n) is 12.2. The molecule has 1 aromatic carbocycles. The van der Waals surface area contributed by atoms with Gasteiger partial charge in [0, 0.05) is 12.2 Å². The number of nitrogen functional groups attached to an aromatic ring is 1. The number of hydrogen-bond acceptors (Lipinski definition) is 6. The van der Waals surface area contributed by atoms with Crippen LogP contribution in [0, 0.1) is 0 Å². The maximum Gasteiger partial charge on any atom is 0.182 e. The summed E-state index contributed by atoms with van der Waals surface area (Å²) in [7, 11) is 1.59. The largest absolute Gasteiger partial charge is 0.495 e. The molecule has 1 aliphatic rings. The third kappa shape index (κ3) is 2.56. The number of anilines is 1. The number of ether oxygens (including phenoxy) is 2. The Hall–Kier alpha value is -2.15. The lowest BCUT2D eigenvalue weighted by atomic mass is 10.1. The molecule has 0 saturated carbocycles. The number of aromatic nitrogens is 4. The molecule has 0 bridgehead atoms. The van der Waals surface area contributed by atoms with Crippen molar-refractivity contribution in [1.82, 2.24) is 20.2 Å². The van der Waals surface area contributed by atoms with Crippen molar-refractivity contribution in [1.29, 1.82) is 0 Å². The summed E-state index contributed by atoms with van der Waals surface area (Å²) in [5.41, 5.74) is 7.31. The van der Waals surface area contributed by atoms with Gasteiger partial charge >= 0.3 is 0 Å². The van der Waals surface area contributed by atoms with Gasteiger partial charge in [0.15, 0.2) is 5.82 Å². The van der Waals surface area contributed by atoms with Crippen molar-refractivity contribution in [2.75, 3.05) is 19.5 Å². The molecule has 2 atom stereocenters. The number of nitrogens with two attached hydrogens (primary N) is 1. The third-order valence-corrected chi connectivity index (χ3v) is 3.87. The number of hydrogen-bond donors (Lipinski definition) is 1. The summed E-state index contributed by atoms with van der Waals surface area (Å²) in [5, 5.41) is 12.1. The molecule has 2 heterocycles. The lowest BCUT2D eigenvalue weighted by Gasteiger charge is -2.19. The van der Waals surface area contributed by atoms with Crippen LogP contribution >= 0.6 is 0 Å². The van der Waals surface area contributed by atoms with E-state index in [9.17, 15) is 0 Å². The van der Waals surface area contributed by atoms with Gasteiger partial charge in [0.2, 0.25) is 0 Å². The van der Waals surface area contributed by atoms with Crippen LogP contribution in [0.4, 0.5) is 5.69 Å². The van der Waals surface area contributed by atoms with E-state index in [2.05, 4.69) is 22.4 Å². The van der Waals surface area contributed by atoms with Crippen molar-refractivity contribution in [3.8, 4) is 17.1 Å². The van der Waals surface area contributed by atoms with E-state index in [0.717, 1.165) is 25.0 Å². The van der Waals surface area contributed by atoms with Crippen LogP contribution in [0.5, 0.6) is 5.75 Å². The molecule has 0 radical (unpaired) electrons. The molecule has 7 nitrogen and oxygen atoms in total. The summed E-state index contributed by atoms with van der Waals surface area (Å²) < 4.78 is 12.8. The number of benzene rings is 1. The zero-order valence-corrected chi connectivity index (χ0v) is 12.2. The van der Waals surface area contributed by atoms with Crippen molar-refractivity contribution >= 4 is 5.69 Å². The van der Waals surface area contributed by atoms with E-state index in [0.29, 0.717) is 17.3 Å². The molecule has 1 saturated heterocycles. The standard InChI is InChI=1S/C14H19N5O2/c1-9(12-4-3-7-21-12)19-14(16-17-18-19)10-5-6-11(15)13(8-10)20-2/h5-6,8-9,12H,3-4,7,15H2,1-2H3. The maximum atomic E-state index is 5.85. The van der Waals surface area contributed by atoms with Crippen molar-refractivity contribution in [3.63, 3.8) is 0 Å². The van der Waals surface area contributed by atoms with E-state index in [4.69, 9.17) is 15.2 Å². The van der Waals surface area contributed by atoms with Gasteiger partial charge in [-0.05, 0) is 48.4 Å². The average Bonchev–Trinajstić information content (AvgIpc) is 3.18. The summed E-state index contributed by atoms with van der Waals surface area (Å²) in [6.45, 7) is 2.88. The van der Waals surface area contributed by atoms with Crippen LogP contribution in [-0.4, -0.2) is 40.0 Å². The van der Waals surface area contributed by atoms with Gasteiger partial charge in [0.25, 0.3) is 0 Å². The predicted octanol–water partition coefficient (Wildman–Crippen LogP) is 1.67. The Bertz CT molecular complexity index is 622. The van der Waals surface area contributed by atoms with Gasteiger partial charge in [-0.1, -0.05) is 0 Å². The lowest BCUT2D eigenvalue weighted by Crippen LogP contribution is -2.22. The minimum atomic E-state index is 0.0843. The topological polar surface area (TPSA) is 88.1 Å². The second kappa shape index (κ2) is 5.69. The first-order valence-electron chi connectivity index (χ1n) is 7.04. The van der Waals surface area contributed by atoms with Crippen LogP contribution in [0.2, 0.25) is 0 Å². The first-order valence-corrected chi connectivity index (χ1v) is 7.04. The van der Waals surface area contributed by atoms with E-state index >= 15 is 0 Å². The van der Waals surface area contributed by atoms with Crippen LogP contribution in [0.3, 0.4) is 0 Å². The van der Waals surface area contributed by atoms with Crippen LogP contribution in [0.1, 0.15) is 25.8 Å². The molecule has 1 aliphatic heterocycles. The van der Waals surface area contributed by atoms with E-state index in [1.54, 1.807) is 17.9 Å². The van der Waals surface area contributed by atoms with E-state index in [1.165, 1.54) is 0 Å². The highest BCUT2D eigenvalue weighted by Crippen LogP contribution is 2.30. The van der Waals surface area contributed by atoms with Gasteiger partial charge in [-0.15, -0.1) is 5.10 Å². The Labute approximate surface area is 123 Å². The van der Waals surface area contributed by atoms with Crippen LogP contribution < -0.4 is 10.5 Å². The first-order chi connectivity index (χ1) is 10.2. The fourth-order valence-corrected chi connectivity index (χ4v) is 2.65.